The molecule has 0 rings (SSSR count). The standard InChI is InChI=1S/2Ba.FH.O/h;;1H;/q2*+2;;-2/p-1. The zero-order valence-electron chi connectivity index (χ0n) is 2.20. The van der Waals surface area contributed by atoms with Gasteiger partial charge in [-0.15, -0.1) is 0 Å². The molecule has 0 aliphatic heterocycles. The smallest absolute Gasteiger partial charge is 2.00 e. The topological polar surface area (TPSA) is 28.5 Å². The quantitative estimate of drug-likeness (QED) is 0.410. The zero-order chi connectivity index (χ0) is 0. The summed E-state index contributed by atoms with van der Waals surface area (Å²) in [6, 6.07) is 0. The molecule has 0 aromatic carbocycles. The summed E-state index contributed by atoms with van der Waals surface area (Å²) in [5.74, 6) is 0. The fraction of sp³-hybridized carbons (Fsp3) is 0. The molecule has 4 heteroatoms. The van der Waals surface area contributed by atoms with Crippen molar-refractivity contribution in [2.45, 2.75) is 0 Å². The van der Waals surface area contributed by atoms with E-state index < -0.39 is 0 Å². The Morgan fingerprint density at radius 2 is 0.750 bits per heavy atom. The van der Waals surface area contributed by atoms with Gasteiger partial charge in [0.1, 0.15) is 0 Å². The van der Waals surface area contributed by atoms with E-state index in [1.165, 1.54) is 0 Å². The molecular formula is Ba2FO+. The Morgan fingerprint density at radius 3 is 0.750 bits per heavy atom. The summed E-state index contributed by atoms with van der Waals surface area (Å²) >= 11 is 0. The molecule has 0 amide bonds. The monoisotopic (exact) mass is 311 g/mol. The Hall–Kier alpha value is 3.03. The van der Waals surface area contributed by atoms with E-state index in [9.17, 15) is 0 Å². The van der Waals surface area contributed by atoms with Gasteiger partial charge in [-0.25, -0.2) is 0 Å². The van der Waals surface area contributed by atoms with Crippen molar-refractivity contribution in [3.63, 3.8) is 0 Å². The average molecular weight is 310 g/mol. The van der Waals surface area contributed by atoms with Crippen LogP contribution >= 0.6 is 0 Å². The summed E-state index contributed by atoms with van der Waals surface area (Å²) in [7, 11) is 0. The molecule has 0 fully saturated rings. The van der Waals surface area contributed by atoms with Crippen LogP contribution in [0.15, 0.2) is 0 Å². The van der Waals surface area contributed by atoms with Gasteiger partial charge < -0.3 is 10.2 Å². The Labute approximate surface area is 105 Å². The molecular weight excluding hydrogens is 310 g/mol. The second-order valence-corrected chi connectivity index (χ2v) is 0. The van der Waals surface area contributed by atoms with Gasteiger partial charge in [0.25, 0.3) is 0 Å². The minimum absolute atomic E-state index is 0. The Balaban J connectivity index is 0. The fourth-order valence-corrected chi connectivity index (χ4v) is 0. The van der Waals surface area contributed by atoms with Crippen LogP contribution in [0.25, 0.3) is 0 Å². The predicted octanol–water partition coefficient (Wildman–Crippen LogP) is -3.88. The van der Waals surface area contributed by atoms with Gasteiger partial charge in [0.2, 0.25) is 0 Å². The van der Waals surface area contributed by atoms with E-state index in [2.05, 4.69) is 0 Å². The van der Waals surface area contributed by atoms with Crippen LogP contribution in [-0.4, -0.2) is 97.8 Å². The van der Waals surface area contributed by atoms with Crippen LogP contribution in [0.1, 0.15) is 0 Å². The molecule has 1 nitrogen and oxygen atoms in total. The minimum atomic E-state index is 0. The number of hydrogen-bond donors (Lipinski definition) is 0. The maximum Gasteiger partial charge on any atom is 2.00 e. The third kappa shape index (κ3) is 8.90. The molecule has 0 aliphatic rings. The van der Waals surface area contributed by atoms with Gasteiger partial charge in [-0.3, -0.25) is 0 Å². The van der Waals surface area contributed by atoms with Crippen LogP contribution < -0.4 is 4.70 Å². The second-order valence-electron chi connectivity index (χ2n) is 0. The van der Waals surface area contributed by atoms with Crippen molar-refractivity contribution in [2.75, 3.05) is 0 Å². The van der Waals surface area contributed by atoms with Gasteiger partial charge >= 0.3 is 97.8 Å². The molecule has 0 saturated heterocycles. The molecule has 0 heterocycles. The first-order chi connectivity index (χ1) is 0. The normalized spacial score (nSPS) is 0. The molecule has 16 valence electrons. The van der Waals surface area contributed by atoms with E-state index in [-0.39, 0.29) is 108 Å². The number of rotatable bonds is 0. The van der Waals surface area contributed by atoms with E-state index in [1.54, 1.807) is 0 Å². The van der Waals surface area contributed by atoms with Gasteiger partial charge in [-0.2, -0.15) is 0 Å². The molecule has 0 aromatic rings. The maximum atomic E-state index is 0. The van der Waals surface area contributed by atoms with E-state index in [0.717, 1.165) is 0 Å². The molecule has 0 bridgehead atoms. The average Bonchev–Trinajstić information content (AvgIpc) is 0. The molecule has 0 atom stereocenters. The van der Waals surface area contributed by atoms with Crippen LogP contribution in [0.4, 0.5) is 0 Å². The van der Waals surface area contributed by atoms with E-state index in [4.69, 9.17) is 0 Å². The molecule has 0 unspecified atom stereocenters. The largest absolute Gasteiger partial charge is 2.00 e. The summed E-state index contributed by atoms with van der Waals surface area (Å²) < 4.78 is 0. The summed E-state index contributed by atoms with van der Waals surface area (Å²) in [4.78, 5) is 0. The van der Waals surface area contributed by atoms with Crippen LogP contribution in [0.2, 0.25) is 0 Å². The minimum Gasteiger partial charge on any atom is -2.00 e. The van der Waals surface area contributed by atoms with E-state index in [0.29, 0.717) is 0 Å². The van der Waals surface area contributed by atoms with Gasteiger partial charge in [-0.1, -0.05) is 0 Å². The van der Waals surface area contributed by atoms with Gasteiger partial charge in [0, 0.05) is 0 Å². The van der Waals surface area contributed by atoms with Crippen molar-refractivity contribution < 1.29 is 10.2 Å². The van der Waals surface area contributed by atoms with Crippen LogP contribution in [-0.2, 0) is 5.48 Å². The van der Waals surface area contributed by atoms with Crippen molar-refractivity contribution in [3.8, 4) is 0 Å². The molecule has 0 aliphatic carbocycles. The van der Waals surface area contributed by atoms with Gasteiger partial charge in [0.15, 0.2) is 0 Å². The summed E-state index contributed by atoms with van der Waals surface area (Å²) in [6.07, 6.45) is 0. The van der Waals surface area contributed by atoms with Gasteiger partial charge in [-0.05, 0) is 0 Å². The van der Waals surface area contributed by atoms with Crippen LogP contribution in [0, 0.1) is 0 Å². The Morgan fingerprint density at radius 1 is 0.750 bits per heavy atom. The fourth-order valence-electron chi connectivity index (χ4n) is 0. The Bertz CT molecular complexity index is 6.00. The number of hydrogen-bond acceptors (Lipinski definition) is 0. The predicted molar refractivity (Wildman–Crippen MR) is 12.2 cm³/mol. The van der Waals surface area contributed by atoms with E-state index >= 15 is 0 Å². The summed E-state index contributed by atoms with van der Waals surface area (Å²) in [6.45, 7) is 0. The van der Waals surface area contributed by atoms with Crippen molar-refractivity contribution in [3.05, 3.63) is 0 Å². The van der Waals surface area contributed by atoms with Crippen molar-refractivity contribution in [1.82, 2.24) is 0 Å². The first-order valence-electron chi connectivity index (χ1n) is 0. The molecule has 0 aromatic heterocycles. The molecule has 0 N–H and O–H groups in total. The van der Waals surface area contributed by atoms with Crippen LogP contribution in [0.5, 0.6) is 0 Å². The van der Waals surface area contributed by atoms with Crippen molar-refractivity contribution >= 4 is 97.8 Å². The van der Waals surface area contributed by atoms with Crippen molar-refractivity contribution in [2.24, 2.45) is 0 Å². The molecule has 0 radical (unpaired) electrons. The molecule has 4 heavy (non-hydrogen) atoms. The van der Waals surface area contributed by atoms with E-state index in [1.807, 2.05) is 0 Å². The van der Waals surface area contributed by atoms with Gasteiger partial charge in [0.05, 0.1) is 0 Å². The zero-order valence-corrected chi connectivity index (χ0v) is 11.1. The Kier molecular flexibility index (Phi) is 116. The molecule has 0 spiro atoms. The molecule has 0 saturated carbocycles. The second kappa shape index (κ2) is 16.6. The van der Waals surface area contributed by atoms with Crippen molar-refractivity contribution in [1.29, 1.82) is 0 Å². The first-order valence-corrected chi connectivity index (χ1v) is 0. The third-order valence-electron chi connectivity index (χ3n) is 0. The first kappa shape index (κ1) is 27.8. The number of halogens is 1. The summed E-state index contributed by atoms with van der Waals surface area (Å²) in [5, 5.41) is 0. The third-order valence-corrected chi connectivity index (χ3v) is 0. The summed E-state index contributed by atoms with van der Waals surface area (Å²) in [5.41, 5.74) is 0. The maximum absolute atomic E-state index is 0. The van der Waals surface area contributed by atoms with Crippen LogP contribution in [0.3, 0.4) is 0 Å². The SMILES string of the molecule is [Ba+2].[Ba+2].[F-].[O-2].